The first-order valence-corrected chi connectivity index (χ1v) is 8.91. The first-order valence-electron chi connectivity index (χ1n) is 8.91. The SMILES string of the molecule is Cc1cc(/C=C2/C(=O)N(C)c3ccccc32)c(C)n1-c1cccc([N+](=O)[O-])c1. The van der Waals surface area contributed by atoms with Gasteiger partial charge in [-0.15, -0.1) is 0 Å². The van der Waals surface area contributed by atoms with Crippen LogP contribution in [-0.2, 0) is 4.79 Å². The number of nitro groups is 1. The monoisotopic (exact) mass is 373 g/mol. The summed E-state index contributed by atoms with van der Waals surface area (Å²) in [4.78, 5) is 25.1. The third-order valence-electron chi connectivity index (χ3n) is 5.16. The normalized spacial score (nSPS) is 14.6. The van der Waals surface area contributed by atoms with E-state index in [0.29, 0.717) is 5.57 Å². The Labute approximate surface area is 162 Å². The van der Waals surface area contributed by atoms with Crippen LogP contribution in [0.3, 0.4) is 0 Å². The van der Waals surface area contributed by atoms with Gasteiger partial charge in [0.25, 0.3) is 11.6 Å². The Hall–Kier alpha value is -3.67. The van der Waals surface area contributed by atoms with Crippen molar-refractivity contribution in [1.82, 2.24) is 4.57 Å². The van der Waals surface area contributed by atoms with Crippen LogP contribution in [0.15, 0.2) is 54.6 Å². The fourth-order valence-electron chi connectivity index (χ4n) is 3.77. The van der Waals surface area contributed by atoms with Gasteiger partial charge in [0.15, 0.2) is 0 Å². The zero-order valence-corrected chi connectivity index (χ0v) is 15.8. The molecule has 0 spiro atoms. The molecule has 2 heterocycles. The van der Waals surface area contributed by atoms with E-state index in [2.05, 4.69) is 0 Å². The van der Waals surface area contributed by atoms with Crippen LogP contribution >= 0.6 is 0 Å². The van der Waals surface area contributed by atoms with Crippen LogP contribution in [0.25, 0.3) is 17.3 Å². The van der Waals surface area contributed by atoms with Gasteiger partial charge in [-0.1, -0.05) is 24.3 Å². The number of hydrogen-bond donors (Lipinski definition) is 0. The van der Waals surface area contributed by atoms with Crippen molar-refractivity contribution in [2.24, 2.45) is 0 Å². The molecule has 6 heteroatoms. The van der Waals surface area contributed by atoms with Gasteiger partial charge >= 0.3 is 0 Å². The van der Waals surface area contributed by atoms with Crippen LogP contribution < -0.4 is 4.90 Å². The molecule has 0 atom stereocenters. The quantitative estimate of drug-likeness (QED) is 0.385. The number of non-ortho nitro benzene ring substituents is 1. The van der Waals surface area contributed by atoms with Gasteiger partial charge in [0.2, 0.25) is 0 Å². The van der Waals surface area contributed by atoms with E-state index in [1.165, 1.54) is 6.07 Å². The number of hydrogen-bond acceptors (Lipinski definition) is 3. The average molecular weight is 373 g/mol. The second-order valence-corrected chi connectivity index (χ2v) is 6.88. The van der Waals surface area contributed by atoms with Crippen LogP contribution in [0, 0.1) is 24.0 Å². The van der Waals surface area contributed by atoms with E-state index in [1.54, 1.807) is 24.1 Å². The van der Waals surface area contributed by atoms with E-state index in [-0.39, 0.29) is 11.6 Å². The number of nitrogens with zero attached hydrogens (tertiary/aromatic N) is 3. The number of nitro benzene ring substituents is 1. The van der Waals surface area contributed by atoms with Crippen molar-refractivity contribution in [2.75, 3.05) is 11.9 Å². The molecule has 0 radical (unpaired) electrons. The zero-order valence-electron chi connectivity index (χ0n) is 15.8. The van der Waals surface area contributed by atoms with Crippen LogP contribution in [-0.4, -0.2) is 22.4 Å². The predicted molar refractivity (Wildman–Crippen MR) is 110 cm³/mol. The summed E-state index contributed by atoms with van der Waals surface area (Å²) in [6.45, 7) is 3.90. The standard InChI is InChI=1S/C22H19N3O3/c1-14-11-16(12-20-19-9-4-5-10-21(19)23(3)22(20)26)15(2)24(14)17-7-6-8-18(13-17)25(27)28/h4-13H,1-3H3/b20-12+. The minimum absolute atomic E-state index is 0.0404. The molecule has 6 nitrogen and oxygen atoms in total. The van der Waals surface area contributed by atoms with Crippen molar-refractivity contribution in [2.45, 2.75) is 13.8 Å². The summed E-state index contributed by atoms with van der Waals surface area (Å²) >= 11 is 0. The Balaban J connectivity index is 1.83. The Bertz CT molecular complexity index is 1160. The van der Waals surface area contributed by atoms with Gasteiger partial charge in [0.05, 0.1) is 16.3 Å². The Kier molecular flexibility index (Phi) is 4.11. The predicted octanol–water partition coefficient (Wildman–Crippen LogP) is 4.52. The fraction of sp³-hybridized carbons (Fsp3) is 0.136. The van der Waals surface area contributed by atoms with Crippen molar-refractivity contribution in [3.8, 4) is 5.69 Å². The minimum atomic E-state index is -0.398. The lowest BCUT2D eigenvalue weighted by atomic mass is 10.0. The van der Waals surface area contributed by atoms with Gasteiger partial charge < -0.3 is 9.47 Å². The molecule has 0 unspecified atom stereocenters. The van der Waals surface area contributed by atoms with Gasteiger partial charge in [-0.05, 0) is 43.7 Å². The number of para-hydroxylation sites is 1. The number of likely N-dealkylation sites (N-methyl/N-ethyl adjacent to an activating group) is 1. The molecule has 140 valence electrons. The lowest BCUT2D eigenvalue weighted by Gasteiger charge is -2.09. The number of carbonyl (C=O) groups is 1. The first kappa shape index (κ1) is 17.7. The zero-order chi connectivity index (χ0) is 20.0. The van der Waals surface area contributed by atoms with E-state index < -0.39 is 4.92 Å². The molecule has 0 N–H and O–H groups in total. The molecule has 0 saturated carbocycles. The number of amides is 1. The largest absolute Gasteiger partial charge is 0.318 e. The molecule has 3 aromatic rings. The van der Waals surface area contributed by atoms with Crippen LogP contribution in [0.2, 0.25) is 0 Å². The number of aromatic nitrogens is 1. The molecular formula is C22H19N3O3. The summed E-state index contributed by atoms with van der Waals surface area (Å²) < 4.78 is 1.97. The Morgan fingerprint density at radius 1 is 1.04 bits per heavy atom. The molecule has 1 aromatic heterocycles. The number of aryl methyl sites for hydroxylation is 1. The highest BCUT2D eigenvalue weighted by Crippen LogP contribution is 2.37. The molecule has 1 amide bonds. The van der Waals surface area contributed by atoms with Gasteiger partial charge in [-0.2, -0.15) is 0 Å². The summed E-state index contributed by atoms with van der Waals surface area (Å²) in [7, 11) is 1.77. The molecule has 0 saturated heterocycles. The summed E-state index contributed by atoms with van der Waals surface area (Å²) in [5, 5.41) is 11.1. The van der Waals surface area contributed by atoms with Crippen molar-refractivity contribution in [3.63, 3.8) is 0 Å². The maximum atomic E-state index is 12.7. The Morgan fingerprint density at radius 2 is 1.79 bits per heavy atom. The van der Waals surface area contributed by atoms with Gasteiger partial charge in [0, 0.05) is 41.7 Å². The van der Waals surface area contributed by atoms with Crippen molar-refractivity contribution in [3.05, 3.63) is 87.2 Å². The molecular weight excluding hydrogens is 354 g/mol. The number of fused-ring (bicyclic) bond motifs is 1. The van der Waals surface area contributed by atoms with Gasteiger partial charge in [-0.3, -0.25) is 14.9 Å². The van der Waals surface area contributed by atoms with Crippen molar-refractivity contribution >= 4 is 28.9 Å². The highest BCUT2D eigenvalue weighted by atomic mass is 16.6. The topological polar surface area (TPSA) is 68.4 Å². The average Bonchev–Trinajstić information content (AvgIpc) is 3.10. The number of rotatable bonds is 3. The summed E-state index contributed by atoms with van der Waals surface area (Å²) in [5.41, 5.74) is 6.01. The molecule has 4 rings (SSSR count). The summed E-state index contributed by atoms with van der Waals surface area (Å²) in [5.74, 6) is -0.0404. The molecule has 1 aliphatic rings. The number of anilines is 1. The number of benzene rings is 2. The van der Waals surface area contributed by atoms with E-state index in [9.17, 15) is 14.9 Å². The highest BCUT2D eigenvalue weighted by molar-refractivity contribution is 6.35. The van der Waals surface area contributed by atoms with Gasteiger partial charge in [-0.25, -0.2) is 0 Å². The smallest absolute Gasteiger partial charge is 0.271 e. The first-order chi connectivity index (χ1) is 13.4. The lowest BCUT2D eigenvalue weighted by Crippen LogP contribution is -2.20. The Morgan fingerprint density at radius 3 is 2.54 bits per heavy atom. The number of carbonyl (C=O) groups excluding carboxylic acids is 1. The van der Waals surface area contributed by atoms with Gasteiger partial charge in [0.1, 0.15) is 0 Å². The maximum Gasteiger partial charge on any atom is 0.271 e. The molecule has 0 bridgehead atoms. The maximum absolute atomic E-state index is 12.7. The minimum Gasteiger partial charge on any atom is -0.318 e. The van der Waals surface area contributed by atoms with Crippen molar-refractivity contribution < 1.29 is 9.72 Å². The third-order valence-corrected chi connectivity index (χ3v) is 5.16. The summed E-state index contributed by atoms with van der Waals surface area (Å²) in [6, 6.07) is 16.3. The van der Waals surface area contributed by atoms with E-state index in [0.717, 1.165) is 33.9 Å². The van der Waals surface area contributed by atoms with E-state index in [1.807, 2.05) is 60.9 Å². The molecule has 0 fully saturated rings. The fourth-order valence-corrected chi connectivity index (χ4v) is 3.77. The van der Waals surface area contributed by atoms with Crippen LogP contribution in [0.5, 0.6) is 0 Å². The van der Waals surface area contributed by atoms with Crippen LogP contribution in [0.4, 0.5) is 11.4 Å². The second kappa shape index (κ2) is 6.49. The second-order valence-electron chi connectivity index (χ2n) is 6.88. The molecule has 0 aliphatic carbocycles. The van der Waals surface area contributed by atoms with E-state index >= 15 is 0 Å². The molecule has 2 aromatic carbocycles. The molecule has 28 heavy (non-hydrogen) atoms. The third kappa shape index (κ3) is 2.70. The summed E-state index contributed by atoms with van der Waals surface area (Å²) in [6.07, 6.45) is 1.90. The highest BCUT2D eigenvalue weighted by Gasteiger charge is 2.29. The lowest BCUT2D eigenvalue weighted by molar-refractivity contribution is -0.384. The van der Waals surface area contributed by atoms with E-state index in [4.69, 9.17) is 0 Å². The van der Waals surface area contributed by atoms with Crippen molar-refractivity contribution in [1.29, 1.82) is 0 Å². The molecule has 1 aliphatic heterocycles. The van der Waals surface area contributed by atoms with Crippen LogP contribution in [0.1, 0.15) is 22.5 Å².